The highest BCUT2D eigenvalue weighted by Gasteiger charge is 2.04. The maximum Gasteiger partial charge on any atom is 0.213 e. The van der Waals surface area contributed by atoms with E-state index in [0.29, 0.717) is 22.9 Å². The summed E-state index contributed by atoms with van der Waals surface area (Å²) in [6.07, 6.45) is 1.42. The van der Waals surface area contributed by atoms with Gasteiger partial charge in [0.05, 0.1) is 5.69 Å². The second-order valence-electron chi connectivity index (χ2n) is 4.34. The monoisotopic (exact) mass is 269 g/mol. The van der Waals surface area contributed by atoms with Crippen molar-refractivity contribution in [3.8, 4) is 11.3 Å². The van der Waals surface area contributed by atoms with E-state index in [4.69, 9.17) is 0 Å². The van der Waals surface area contributed by atoms with Crippen LogP contribution >= 0.6 is 0 Å². The number of nitrogens with one attached hydrogen (secondary N) is 2. The molecule has 3 aromatic rings. The van der Waals surface area contributed by atoms with Gasteiger partial charge in [-0.1, -0.05) is 6.07 Å². The van der Waals surface area contributed by atoms with Gasteiger partial charge in [-0.25, -0.2) is 9.97 Å². The summed E-state index contributed by atoms with van der Waals surface area (Å²) in [5.41, 5.74) is 2.31. The van der Waals surface area contributed by atoms with Crippen molar-refractivity contribution in [2.75, 3.05) is 5.32 Å². The number of anilines is 2. The standard InChI is InChI=1S/C14H12FN5/c1-9-7-14(20-19-9)18-13-4-2-3-11(17-13)10-5-6-16-12(15)8-10/h2-8H,1H3,(H2,17,18,19,20). The van der Waals surface area contributed by atoms with Gasteiger partial charge in [-0.3, -0.25) is 5.10 Å². The molecule has 20 heavy (non-hydrogen) atoms. The molecule has 0 aliphatic rings. The number of halogens is 1. The summed E-state index contributed by atoms with van der Waals surface area (Å²) >= 11 is 0. The zero-order valence-corrected chi connectivity index (χ0v) is 10.8. The highest BCUT2D eigenvalue weighted by Crippen LogP contribution is 2.20. The summed E-state index contributed by atoms with van der Waals surface area (Å²) in [4.78, 5) is 7.96. The number of pyridine rings is 2. The van der Waals surface area contributed by atoms with Crippen molar-refractivity contribution in [3.05, 3.63) is 54.2 Å². The molecular formula is C14H12FN5. The third-order valence-electron chi connectivity index (χ3n) is 2.73. The first kappa shape index (κ1) is 12.3. The van der Waals surface area contributed by atoms with E-state index in [0.717, 1.165) is 5.69 Å². The van der Waals surface area contributed by atoms with Crippen LogP contribution in [-0.4, -0.2) is 20.2 Å². The molecule has 0 spiro atoms. The first-order valence-corrected chi connectivity index (χ1v) is 6.09. The fourth-order valence-corrected chi connectivity index (χ4v) is 1.84. The summed E-state index contributed by atoms with van der Waals surface area (Å²) in [5, 5.41) is 10.0. The summed E-state index contributed by atoms with van der Waals surface area (Å²) in [5.74, 6) is 0.810. The van der Waals surface area contributed by atoms with Crippen LogP contribution in [0.25, 0.3) is 11.3 Å². The number of rotatable bonds is 3. The third kappa shape index (κ3) is 2.64. The average Bonchev–Trinajstić information content (AvgIpc) is 2.84. The molecule has 100 valence electrons. The van der Waals surface area contributed by atoms with Gasteiger partial charge in [-0.15, -0.1) is 0 Å². The molecule has 2 N–H and O–H groups in total. The highest BCUT2D eigenvalue weighted by molar-refractivity contribution is 5.62. The summed E-state index contributed by atoms with van der Waals surface area (Å²) in [7, 11) is 0. The Labute approximate surface area is 114 Å². The summed E-state index contributed by atoms with van der Waals surface area (Å²) in [6, 6.07) is 10.4. The highest BCUT2D eigenvalue weighted by atomic mass is 19.1. The lowest BCUT2D eigenvalue weighted by molar-refractivity contribution is 0.584. The quantitative estimate of drug-likeness (QED) is 0.717. The van der Waals surface area contributed by atoms with E-state index in [1.54, 1.807) is 6.07 Å². The van der Waals surface area contributed by atoms with Gasteiger partial charge in [0.15, 0.2) is 5.82 Å². The largest absolute Gasteiger partial charge is 0.323 e. The lowest BCUT2D eigenvalue weighted by Gasteiger charge is -2.05. The normalized spacial score (nSPS) is 10.5. The Kier molecular flexibility index (Phi) is 3.12. The molecule has 0 saturated carbocycles. The van der Waals surface area contributed by atoms with Crippen molar-refractivity contribution in [2.24, 2.45) is 0 Å². The van der Waals surface area contributed by atoms with Crippen molar-refractivity contribution in [1.82, 2.24) is 20.2 Å². The van der Waals surface area contributed by atoms with Crippen LogP contribution in [0.3, 0.4) is 0 Å². The molecule has 0 unspecified atom stereocenters. The molecule has 0 radical (unpaired) electrons. The Hall–Kier alpha value is -2.76. The molecule has 0 aliphatic heterocycles. The van der Waals surface area contributed by atoms with Crippen LogP contribution in [0.5, 0.6) is 0 Å². The molecule has 0 bridgehead atoms. The first-order valence-electron chi connectivity index (χ1n) is 6.09. The van der Waals surface area contributed by atoms with E-state index in [2.05, 4.69) is 25.5 Å². The van der Waals surface area contributed by atoms with Crippen LogP contribution in [0, 0.1) is 12.9 Å². The first-order chi connectivity index (χ1) is 9.70. The van der Waals surface area contributed by atoms with Crippen molar-refractivity contribution in [3.63, 3.8) is 0 Å². The molecule has 3 aromatic heterocycles. The van der Waals surface area contributed by atoms with Gasteiger partial charge in [0.25, 0.3) is 0 Å². The second-order valence-corrected chi connectivity index (χ2v) is 4.34. The van der Waals surface area contributed by atoms with E-state index in [1.165, 1.54) is 12.3 Å². The van der Waals surface area contributed by atoms with Gasteiger partial charge in [0.2, 0.25) is 5.95 Å². The molecule has 0 fully saturated rings. The number of nitrogens with zero attached hydrogens (tertiary/aromatic N) is 3. The minimum Gasteiger partial charge on any atom is -0.323 e. The minimum atomic E-state index is -0.523. The summed E-state index contributed by atoms with van der Waals surface area (Å²) < 4.78 is 13.1. The van der Waals surface area contributed by atoms with Gasteiger partial charge in [-0.05, 0) is 25.1 Å². The lowest BCUT2D eigenvalue weighted by Crippen LogP contribution is -1.95. The van der Waals surface area contributed by atoms with Crippen LogP contribution in [0.4, 0.5) is 16.0 Å². The number of H-pyrrole nitrogens is 1. The smallest absolute Gasteiger partial charge is 0.213 e. The second kappa shape index (κ2) is 5.08. The van der Waals surface area contributed by atoms with E-state index in [1.807, 2.05) is 31.2 Å². The van der Waals surface area contributed by atoms with Gasteiger partial charge in [-0.2, -0.15) is 9.49 Å². The van der Waals surface area contributed by atoms with Gasteiger partial charge in [0, 0.05) is 29.6 Å². The van der Waals surface area contributed by atoms with Crippen LogP contribution in [-0.2, 0) is 0 Å². The van der Waals surface area contributed by atoms with Crippen molar-refractivity contribution < 1.29 is 4.39 Å². The molecule has 3 rings (SSSR count). The Balaban J connectivity index is 1.89. The fourth-order valence-electron chi connectivity index (χ4n) is 1.84. The number of aryl methyl sites for hydroxylation is 1. The van der Waals surface area contributed by atoms with E-state index >= 15 is 0 Å². The zero-order chi connectivity index (χ0) is 13.9. The average molecular weight is 269 g/mol. The van der Waals surface area contributed by atoms with Crippen molar-refractivity contribution in [1.29, 1.82) is 0 Å². The molecule has 6 heteroatoms. The van der Waals surface area contributed by atoms with Gasteiger partial charge >= 0.3 is 0 Å². The topological polar surface area (TPSA) is 66.5 Å². The van der Waals surface area contributed by atoms with Gasteiger partial charge < -0.3 is 5.32 Å². The van der Waals surface area contributed by atoms with Crippen LogP contribution < -0.4 is 5.32 Å². The Bertz CT molecular complexity index is 738. The summed E-state index contributed by atoms with van der Waals surface area (Å²) in [6.45, 7) is 1.92. The maximum absolute atomic E-state index is 13.1. The number of aromatic nitrogens is 4. The van der Waals surface area contributed by atoms with Gasteiger partial charge in [0.1, 0.15) is 5.82 Å². The predicted octanol–water partition coefficient (Wildman–Crippen LogP) is 3.06. The van der Waals surface area contributed by atoms with Crippen molar-refractivity contribution >= 4 is 11.6 Å². The maximum atomic E-state index is 13.1. The Morgan fingerprint density at radius 2 is 2.05 bits per heavy atom. The van der Waals surface area contributed by atoms with Crippen LogP contribution in [0.1, 0.15) is 5.69 Å². The molecule has 0 amide bonds. The number of hydrogen-bond donors (Lipinski definition) is 2. The number of aromatic amines is 1. The molecule has 0 aliphatic carbocycles. The third-order valence-corrected chi connectivity index (χ3v) is 2.73. The number of hydrogen-bond acceptors (Lipinski definition) is 4. The SMILES string of the molecule is Cc1cc(Nc2cccc(-c3ccnc(F)c3)n2)n[nH]1. The zero-order valence-electron chi connectivity index (χ0n) is 10.8. The van der Waals surface area contributed by atoms with Crippen LogP contribution in [0.2, 0.25) is 0 Å². The predicted molar refractivity (Wildman–Crippen MR) is 74.0 cm³/mol. The molecule has 0 saturated heterocycles. The fraction of sp³-hybridized carbons (Fsp3) is 0.0714. The molecular weight excluding hydrogens is 257 g/mol. The van der Waals surface area contributed by atoms with Crippen LogP contribution in [0.15, 0.2) is 42.6 Å². The van der Waals surface area contributed by atoms with E-state index in [9.17, 15) is 4.39 Å². The molecule has 0 atom stereocenters. The van der Waals surface area contributed by atoms with E-state index in [-0.39, 0.29) is 0 Å². The Morgan fingerprint density at radius 1 is 1.15 bits per heavy atom. The molecule has 3 heterocycles. The lowest BCUT2D eigenvalue weighted by atomic mass is 10.2. The van der Waals surface area contributed by atoms with E-state index < -0.39 is 5.95 Å². The minimum absolute atomic E-state index is 0.523. The molecule has 5 nitrogen and oxygen atoms in total. The molecule has 0 aromatic carbocycles. The Morgan fingerprint density at radius 3 is 2.80 bits per heavy atom. The van der Waals surface area contributed by atoms with Crippen molar-refractivity contribution in [2.45, 2.75) is 6.92 Å².